The molecule has 0 aliphatic carbocycles. The maximum Gasteiger partial charge on any atom is 0.407 e. The molecule has 3 rings (SSSR count). The Labute approximate surface area is 131 Å². The van der Waals surface area contributed by atoms with E-state index in [0.29, 0.717) is 0 Å². The van der Waals surface area contributed by atoms with Gasteiger partial charge in [0, 0.05) is 25.4 Å². The summed E-state index contributed by atoms with van der Waals surface area (Å²) in [6.45, 7) is 8.01. The standard InChI is InChI=1S/C17H24N2O3/c1-17(2,3)22-16(20)19-14-10-18-9-13(14)11-4-5-15-12(8-11)6-7-21-15/h4-5,8,13-14,18H,6-7,9-10H2,1-3H3,(H,19,20). The second-order valence-corrected chi connectivity index (χ2v) is 6.98. The zero-order valence-corrected chi connectivity index (χ0v) is 13.4. The van der Waals surface area contributed by atoms with Crippen molar-refractivity contribution in [3.63, 3.8) is 0 Å². The van der Waals surface area contributed by atoms with Crippen LogP contribution in [0.25, 0.3) is 0 Å². The highest BCUT2D eigenvalue weighted by molar-refractivity contribution is 5.68. The van der Waals surface area contributed by atoms with Crippen LogP contribution in [0.3, 0.4) is 0 Å². The SMILES string of the molecule is CC(C)(C)OC(=O)NC1CNCC1c1ccc2c(c1)CCO2. The quantitative estimate of drug-likeness (QED) is 0.879. The van der Waals surface area contributed by atoms with Crippen LogP contribution in [0.5, 0.6) is 5.75 Å². The number of hydrogen-bond donors (Lipinski definition) is 2. The molecular formula is C17H24N2O3. The third kappa shape index (κ3) is 3.35. The molecule has 1 fully saturated rings. The van der Waals surface area contributed by atoms with E-state index in [4.69, 9.17) is 9.47 Å². The molecule has 1 aromatic carbocycles. The van der Waals surface area contributed by atoms with Gasteiger partial charge in [0.05, 0.1) is 12.6 Å². The van der Waals surface area contributed by atoms with E-state index in [2.05, 4.69) is 22.8 Å². The van der Waals surface area contributed by atoms with E-state index in [1.807, 2.05) is 26.8 Å². The molecule has 1 aromatic rings. The minimum absolute atomic E-state index is 0.0511. The average Bonchev–Trinajstić information content (AvgIpc) is 3.03. The fraction of sp³-hybridized carbons (Fsp3) is 0.588. The lowest BCUT2D eigenvalue weighted by atomic mass is 9.92. The first kappa shape index (κ1) is 15.2. The van der Waals surface area contributed by atoms with Crippen molar-refractivity contribution in [1.82, 2.24) is 10.6 Å². The van der Waals surface area contributed by atoms with Crippen molar-refractivity contribution in [1.29, 1.82) is 0 Å². The molecule has 0 bridgehead atoms. The van der Waals surface area contributed by atoms with Gasteiger partial charge in [-0.25, -0.2) is 4.79 Å². The summed E-state index contributed by atoms with van der Waals surface area (Å²) in [7, 11) is 0. The van der Waals surface area contributed by atoms with E-state index in [1.165, 1.54) is 11.1 Å². The first-order valence-electron chi connectivity index (χ1n) is 7.88. The number of ether oxygens (including phenoxy) is 2. The van der Waals surface area contributed by atoms with Crippen LogP contribution < -0.4 is 15.4 Å². The summed E-state index contributed by atoms with van der Waals surface area (Å²) in [6.07, 6.45) is 0.615. The Bertz CT molecular complexity index is 566. The van der Waals surface area contributed by atoms with Gasteiger partial charge in [-0.3, -0.25) is 0 Å². The summed E-state index contributed by atoms with van der Waals surface area (Å²) in [5.41, 5.74) is 2.03. The number of carbonyl (C=O) groups is 1. The Morgan fingerprint density at radius 1 is 1.36 bits per heavy atom. The van der Waals surface area contributed by atoms with Gasteiger partial charge in [0.15, 0.2) is 0 Å². The van der Waals surface area contributed by atoms with Gasteiger partial charge in [-0.15, -0.1) is 0 Å². The Hall–Kier alpha value is -1.75. The maximum atomic E-state index is 12.0. The zero-order chi connectivity index (χ0) is 15.7. The van der Waals surface area contributed by atoms with Crippen molar-refractivity contribution in [3.05, 3.63) is 29.3 Å². The molecule has 2 atom stereocenters. The Morgan fingerprint density at radius 2 is 2.18 bits per heavy atom. The fourth-order valence-corrected chi connectivity index (χ4v) is 3.08. The van der Waals surface area contributed by atoms with E-state index >= 15 is 0 Å². The summed E-state index contributed by atoms with van der Waals surface area (Å²) in [4.78, 5) is 12.0. The molecule has 0 saturated carbocycles. The van der Waals surface area contributed by atoms with E-state index < -0.39 is 5.60 Å². The first-order valence-corrected chi connectivity index (χ1v) is 7.88. The van der Waals surface area contributed by atoms with Crippen molar-refractivity contribution in [2.45, 2.75) is 44.8 Å². The first-order chi connectivity index (χ1) is 10.4. The van der Waals surface area contributed by atoms with E-state index in [0.717, 1.165) is 31.9 Å². The minimum atomic E-state index is -0.476. The lowest BCUT2D eigenvalue weighted by Crippen LogP contribution is -2.42. The van der Waals surface area contributed by atoms with Crippen molar-refractivity contribution >= 4 is 6.09 Å². The molecule has 120 valence electrons. The Morgan fingerprint density at radius 3 is 2.95 bits per heavy atom. The number of carbonyl (C=O) groups excluding carboxylic acids is 1. The van der Waals surface area contributed by atoms with Gasteiger partial charge in [-0.1, -0.05) is 12.1 Å². The number of nitrogens with one attached hydrogen (secondary N) is 2. The third-order valence-corrected chi connectivity index (χ3v) is 4.06. The van der Waals surface area contributed by atoms with Crippen LogP contribution in [0.4, 0.5) is 4.79 Å². The van der Waals surface area contributed by atoms with Gasteiger partial charge in [-0.05, 0) is 38.0 Å². The molecule has 22 heavy (non-hydrogen) atoms. The van der Waals surface area contributed by atoms with Crippen LogP contribution in [-0.4, -0.2) is 37.4 Å². The Balaban J connectivity index is 1.69. The van der Waals surface area contributed by atoms with Crippen molar-refractivity contribution in [2.75, 3.05) is 19.7 Å². The van der Waals surface area contributed by atoms with Crippen molar-refractivity contribution in [3.8, 4) is 5.75 Å². The van der Waals surface area contributed by atoms with Crippen molar-refractivity contribution in [2.24, 2.45) is 0 Å². The zero-order valence-electron chi connectivity index (χ0n) is 13.4. The van der Waals surface area contributed by atoms with E-state index in [1.54, 1.807) is 0 Å². The average molecular weight is 304 g/mol. The van der Waals surface area contributed by atoms with Crippen LogP contribution in [0.15, 0.2) is 18.2 Å². The molecule has 2 aliphatic rings. The van der Waals surface area contributed by atoms with Crippen LogP contribution in [-0.2, 0) is 11.2 Å². The predicted octanol–water partition coefficient (Wildman–Crippen LogP) is 2.20. The highest BCUT2D eigenvalue weighted by Gasteiger charge is 2.31. The van der Waals surface area contributed by atoms with Crippen LogP contribution >= 0.6 is 0 Å². The fourth-order valence-electron chi connectivity index (χ4n) is 3.08. The molecule has 5 nitrogen and oxygen atoms in total. The van der Waals surface area contributed by atoms with Gasteiger partial charge < -0.3 is 20.1 Å². The number of fused-ring (bicyclic) bond motifs is 1. The van der Waals surface area contributed by atoms with Crippen LogP contribution in [0.2, 0.25) is 0 Å². The van der Waals surface area contributed by atoms with Gasteiger partial charge in [0.2, 0.25) is 0 Å². The highest BCUT2D eigenvalue weighted by atomic mass is 16.6. The summed E-state index contributed by atoms with van der Waals surface area (Å²) in [6, 6.07) is 6.41. The summed E-state index contributed by atoms with van der Waals surface area (Å²) in [5, 5.41) is 6.35. The highest BCUT2D eigenvalue weighted by Crippen LogP contribution is 2.31. The number of benzene rings is 1. The lowest BCUT2D eigenvalue weighted by Gasteiger charge is -2.24. The smallest absolute Gasteiger partial charge is 0.407 e. The normalized spacial score (nSPS) is 23.8. The molecule has 2 aliphatic heterocycles. The van der Waals surface area contributed by atoms with Gasteiger partial charge in [0.1, 0.15) is 11.4 Å². The summed E-state index contributed by atoms with van der Waals surface area (Å²) < 4.78 is 10.9. The Kier molecular flexibility index (Phi) is 4.00. The molecule has 1 saturated heterocycles. The molecule has 1 amide bonds. The molecule has 2 heterocycles. The number of hydrogen-bond acceptors (Lipinski definition) is 4. The molecule has 0 spiro atoms. The maximum absolute atomic E-state index is 12.0. The monoisotopic (exact) mass is 304 g/mol. The lowest BCUT2D eigenvalue weighted by molar-refractivity contribution is 0.0504. The van der Waals surface area contributed by atoms with Crippen molar-refractivity contribution < 1.29 is 14.3 Å². The predicted molar refractivity (Wildman–Crippen MR) is 84.4 cm³/mol. The number of rotatable bonds is 2. The third-order valence-electron chi connectivity index (χ3n) is 4.06. The molecule has 0 radical (unpaired) electrons. The number of alkyl carbamates (subject to hydrolysis) is 1. The summed E-state index contributed by atoms with van der Waals surface area (Å²) in [5.74, 6) is 1.25. The second-order valence-electron chi connectivity index (χ2n) is 6.98. The van der Waals surface area contributed by atoms with Crippen LogP contribution in [0, 0.1) is 0 Å². The molecule has 5 heteroatoms. The summed E-state index contributed by atoms with van der Waals surface area (Å²) >= 11 is 0. The molecule has 2 N–H and O–H groups in total. The van der Waals surface area contributed by atoms with Crippen LogP contribution in [0.1, 0.15) is 37.8 Å². The number of amides is 1. The second kappa shape index (κ2) is 5.80. The van der Waals surface area contributed by atoms with Gasteiger partial charge in [0.25, 0.3) is 0 Å². The van der Waals surface area contributed by atoms with E-state index in [-0.39, 0.29) is 18.1 Å². The molecular weight excluding hydrogens is 280 g/mol. The van der Waals surface area contributed by atoms with Gasteiger partial charge >= 0.3 is 6.09 Å². The van der Waals surface area contributed by atoms with Gasteiger partial charge in [-0.2, -0.15) is 0 Å². The molecule has 0 aromatic heterocycles. The molecule has 2 unspecified atom stereocenters. The van der Waals surface area contributed by atoms with E-state index in [9.17, 15) is 4.79 Å². The topological polar surface area (TPSA) is 59.6 Å². The minimum Gasteiger partial charge on any atom is -0.493 e. The largest absolute Gasteiger partial charge is 0.493 e.